The first kappa shape index (κ1) is 20.6. The molecule has 6 nitrogen and oxygen atoms in total. The summed E-state index contributed by atoms with van der Waals surface area (Å²) in [6.45, 7) is 8.75. The van der Waals surface area contributed by atoms with Crippen molar-refractivity contribution >= 4 is 34.3 Å². The van der Waals surface area contributed by atoms with Crippen LogP contribution in [0.1, 0.15) is 30.6 Å². The minimum Gasteiger partial charge on any atom is -0.342 e. The van der Waals surface area contributed by atoms with Gasteiger partial charge in [-0.05, 0) is 50.6 Å². The first-order valence-electron chi connectivity index (χ1n) is 9.87. The molecule has 1 aromatic heterocycles. The van der Waals surface area contributed by atoms with E-state index in [1.54, 1.807) is 12.1 Å². The van der Waals surface area contributed by atoms with Crippen molar-refractivity contribution < 1.29 is 9.59 Å². The van der Waals surface area contributed by atoms with Gasteiger partial charge in [-0.1, -0.05) is 11.6 Å². The number of hydrogen-bond donors (Lipinski definition) is 0. The number of carbonyl (C=O) groups is 2. The summed E-state index contributed by atoms with van der Waals surface area (Å²) < 4.78 is 0. The second kappa shape index (κ2) is 9.34. The lowest BCUT2D eigenvalue weighted by Crippen LogP contribution is -2.42. The van der Waals surface area contributed by atoms with Crippen LogP contribution < -0.4 is 0 Å². The molecule has 0 N–H and O–H groups in total. The number of likely N-dealkylation sites (N-methyl/N-ethyl adjacent to an activating group) is 1. The summed E-state index contributed by atoms with van der Waals surface area (Å²) in [4.78, 5) is 35.5. The summed E-state index contributed by atoms with van der Waals surface area (Å²) >= 11 is 5.93. The SMILES string of the molecule is CCN(CC)C(=O)CN1CCCN(C(=O)c2ccc3nc(Cl)ccc3c2)CC1. The Kier molecular flexibility index (Phi) is 6.86. The maximum absolute atomic E-state index is 13.0. The summed E-state index contributed by atoms with van der Waals surface area (Å²) in [6.07, 6.45) is 0.863. The van der Waals surface area contributed by atoms with E-state index in [0.717, 1.165) is 37.0 Å². The average Bonchev–Trinajstić information content (AvgIpc) is 2.93. The maximum atomic E-state index is 13.0. The van der Waals surface area contributed by atoms with Gasteiger partial charge in [0.15, 0.2) is 0 Å². The smallest absolute Gasteiger partial charge is 0.253 e. The van der Waals surface area contributed by atoms with Gasteiger partial charge in [0.2, 0.25) is 5.91 Å². The van der Waals surface area contributed by atoms with E-state index < -0.39 is 0 Å². The van der Waals surface area contributed by atoms with E-state index in [2.05, 4.69) is 9.88 Å². The highest BCUT2D eigenvalue weighted by molar-refractivity contribution is 6.29. The molecule has 0 bridgehead atoms. The summed E-state index contributed by atoms with van der Waals surface area (Å²) in [7, 11) is 0. The van der Waals surface area contributed by atoms with Gasteiger partial charge in [-0.15, -0.1) is 0 Å². The zero-order chi connectivity index (χ0) is 20.1. The van der Waals surface area contributed by atoms with Crippen molar-refractivity contribution in [1.29, 1.82) is 0 Å². The van der Waals surface area contributed by atoms with Crippen molar-refractivity contribution in [2.24, 2.45) is 0 Å². The Morgan fingerprint density at radius 1 is 1.07 bits per heavy atom. The van der Waals surface area contributed by atoms with Crippen LogP contribution in [-0.2, 0) is 4.79 Å². The van der Waals surface area contributed by atoms with Crippen LogP contribution in [0.2, 0.25) is 5.15 Å². The molecular weight excluding hydrogens is 376 g/mol. The van der Waals surface area contributed by atoms with Gasteiger partial charge in [0, 0.05) is 50.2 Å². The van der Waals surface area contributed by atoms with Gasteiger partial charge in [0.05, 0.1) is 12.1 Å². The Balaban J connectivity index is 1.64. The van der Waals surface area contributed by atoms with Gasteiger partial charge in [-0.25, -0.2) is 4.98 Å². The van der Waals surface area contributed by atoms with E-state index in [1.165, 1.54) is 0 Å². The summed E-state index contributed by atoms with van der Waals surface area (Å²) in [5.74, 6) is 0.180. The molecule has 1 aliphatic rings. The Labute approximate surface area is 171 Å². The zero-order valence-corrected chi connectivity index (χ0v) is 17.3. The number of carbonyl (C=O) groups excluding carboxylic acids is 2. The fraction of sp³-hybridized carbons (Fsp3) is 0.476. The van der Waals surface area contributed by atoms with Gasteiger partial charge in [-0.3, -0.25) is 14.5 Å². The number of pyridine rings is 1. The second-order valence-corrected chi connectivity index (χ2v) is 7.42. The van der Waals surface area contributed by atoms with E-state index in [1.807, 2.05) is 41.8 Å². The predicted molar refractivity (Wildman–Crippen MR) is 112 cm³/mol. The Bertz CT molecular complexity index is 853. The van der Waals surface area contributed by atoms with Crippen LogP contribution in [0.15, 0.2) is 30.3 Å². The Hall–Kier alpha value is -2.18. The maximum Gasteiger partial charge on any atom is 0.253 e. The number of amides is 2. The minimum atomic E-state index is 0.0220. The largest absolute Gasteiger partial charge is 0.342 e. The van der Waals surface area contributed by atoms with Crippen LogP contribution in [0.25, 0.3) is 10.9 Å². The van der Waals surface area contributed by atoms with Gasteiger partial charge in [-0.2, -0.15) is 0 Å². The van der Waals surface area contributed by atoms with E-state index >= 15 is 0 Å². The van der Waals surface area contributed by atoms with E-state index in [9.17, 15) is 9.59 Å². The molecule has 3 rings (SSSR count). The molecule has 1 aliphatic heterocycles. The molecule has 0 unspecified atom stereocenters. The van der Waals surface area contributed by atoms with Crippen molar-refractivity contribution in [2.45, 2.75) is 20.3 Å². The number of fused-ring (bicyclic) bond motifs is 1. The summed E-state index contributed by atoms with van der Waals surface area (Å²) in [5.41, 5.74) is 1.44. The molecule has 0 atom stereocenters. The van der Waals surface area contributed by atoms with E-state index in [4.69, 9.17) is 11.6 Å². The molecule has 28 heavy (non-hydrogen) atoms. The molecule has 2 heterocycles. The molecule has 2 aromatic rings. The predicted octanol–water partition coefficient (Wildman–Crippen LogP) is 2.90. The number of hydrogen-bond acceptors (Lipinski definition) is 4. The van der Waals surface area contributed by atoms with Crippen LogP contribution in [0, 0.1) is 0 Å². The van der Waals surface area contributed by atoms with Gasteiger partial charge >= 0.3 is 0 Å². The highest BCUT2D eigenvalue weighted by atomic mass is 35.5. The highest BCUT2D eigenvalue weighted by Crippen LogP contribution is 2.19. The lowest BCUT2D eigenvalue weighted by atomic mass is 10.1. The third kappa shape index (κ3) is 4.80. The molecule has 0 saturated carbocycles. The van der Waals surface area contributed by atoms with Crippen LogP contribution in [0.5, 0.6) is 0 Å². The number of aromatic nitrogens is 1. The summed E-state index contributed by atoms with van der Waals surface area (Å²) in [6, 6.07) is 9.12. The first-order chi connectivity index (χ1) is 13.5. The molecule has 0 aliphatic carbocycles. The molecule has 0 radical (unpaired) electrons. The normalized spacial score (nSPS) is 15.5. The van der Waals surface area contributed by atoms with E-state index in [-0.39, 0.29) is 11.8 Å². The lowest BCUT2D eigenvalue weighted by Gasteiger charge is -2.25. The number of benzene rings is 1. The fourth-order valence-corrected chi connectivity index (χ4v) is 3.77. The van der Waals surface area contributed by atoms with Crippen LogP contribution in [0.3, 0.4) is 0 Å². The molecule has 150 valence electrons. The van der Waals surface area contributed by atoms with E-state index in [0.29, 0.717) is 36.9 Å². The van der Waals surface area contributed by atoms with Gasteiger partial charge < -0.3 is 9.80 Å². The molecular formula is C21H27ClN4O2. The Morgan fingerprint density at radius 3 is 2.61 bits per heavy atom. The number of nitrogens with zero attached hydrogens (tertiary/aromatic N) is 4. The van der Waals surface area contributed by atoms with Gasteiger partial charge in [0.25, 0.3) is 5.91 Å². The monoisotopic (exact) mass is 402 g/mol. The highest BCUT2D eigenvalue weighted by Gasteiger charge is 2.22. The Morgan fingerprint density at radius 2 is 1.86 bits per heavy atom. The minimum absolute atomic E-state index is 0.0220. The lowest BCUT2D eigenvalue weighted by molar-refractivity contribution is -0.132. The molecule has 0 spiro atoms. The fourth-order valence-electron chi connectivity index (χ4n) is 3.62. The number of rotatable bonds is 5. The molecule has 1 fully saturated rings. The van der Waals surface area contributed by atoms with Crippen LogP contribution >= 0.6 is 11.6 Å². The van der Waals surface area contributed by atoms with Crippen LogP contribution in [-0.4, -0.2) is 77.3 Å². The molecule has 2 amide bonds. The summed E-state index contributed by atoms with van der Waals surface area (Å²) in [5, 5.41) is 1.34. The van der Waals surface area contributed by atoms with Crippen molar-refractivity contribution in [3.63, 3.8) is 0 Å². The second-order valence-electron chi connectivity index (χ2n) is 7.03. The third-order valence-electron chi connectivity index (χ3n) is 5.25. The third-order valence-corrected chi connectivity index (χ3v) is 5.46. The number of halogens is 1. The van der Waals surface area contributed by atoms with Crippen LogP contribution in [0.4, 0.5) is 0 Å². The van der Waals surface area contributed by atoms with Crippen molar-refractivity contribution in [3.8, 4) is 0 Å². The molecule has 7 heteroatoms. The van der Waals surface area contributed by atoms with Crippen molar-refractivity contribution in [2.75, 3.05) is 45.8 Å². The van der Waals surface area contributed by atoms with Crippen molar-refractivity contribution in [3.05, 3.63) is 41.0 Å². The topological polar surface area (TPSA) is 56.8 Å². The van der Waals surface area contributed by atoms with Crippen molar-refractivity contribution in [1.82, 2.24) is 19.7 Å². The average molecular weight is 403 g/mol. The zero-order valence-electron chi connectivity index (χ0n) is 16.5. The molecule has 1 aromatic carbocycles. The first-order valence-corrected chi connectivity index (χ1v) is 10.2. The standard InChI is InChI=1S/C21H27ClN4O2/c1-3-25(4-2)20(27)15-24-10-5-11-26(13-12-24)21(28)17-6-8-18-16(14-17)7-9-19(22)23-18/h6-9,14H,3-5,10-13,15H2,1-2H3. The van der Waals surface area contributed by atoms with Gasteiger partial charge in [0.1, 0.15) is 5.15 Å². The quantitative estimate of drug-likeness (QED) is 0.721. The molecule has 1 saturated heterocycles.